The molecule has 1 atom stereocenters. The van der Waals surface area contributed by atoms with Crippen LogP contribution in [0.2, 0.25) is 0 Å². The number of nitrogens with one attached hydrogen (secondary N) is 1. The predicted molar refractivity (Wildman–Crippen MR) is 100.0 cm³/mol. The van der Waals surface area contributed by atoms with Crippen molar-refractivity contribution in [3.8, 4) is 0 Å². The molecule has 0 radical (unpaired) electrons. The fourth-order valence-electron chi connectivity index (χ4n) is 3.29. The normalized spacial score (nSPS) is 22.3. The van der Waals surface area contributed by atoms with E-state index in [9.17, 15) is 13.2 Å². The van der Waals surface area contributed by atoms with E-state index in [-0.39, 0.29) is 11.9 Å². The Hall–Kier alpha value is -1.80. The van der Waals surface area contributed by atoms with E-state index in [2.05, 4.69) is 15.3 Å². The Kier molecular flexibility index (Phi) is 5.43. The minimum Gasteiger partial charge on any atom is -0.348 e. The first kappa shape index (κ1) is 19.0. The van der Waals surface area contributed by atoms with Crippen molar-refractivity contribution < 1.29 is 13.2 Å². The number of hydrogen-bond donors (Lipinski definition) is 1. The molecule has 3 rings (SSSR count). The van der Waals surface area contributed by atoms with Crippen molar-refractivity contribution in [1.82, 2.24) is 19.6 Å². The molecule has 0 aromatic carbocycles. The Bertz CT molecular complexity index is 831. The van der Waals surface area contributed by atoms with Crippen LogP contribution in [-0.4, -0.2) is 54.0 Å². The van der Waals surface area contributed by atoms with Crippen LogP contribution >= 0.6 is 0 Å². The van der Waals surface area contributed by atoms with Gasteiger partial charge < -0.3 is 5.32 Å². The fraction of sp³-hybridized carbons (Fsp3) is 0.611. The van der Waals surface area contributed by atoms with Gasteiger partial charge in [0.05, 0.1) is 28.9 Å². The van der Waals surface area contributed by atoms with Crippen LogP contribution in [0.4, 0.5) is 0 Å². The first-order valence-electron chi connectivity index (χ1n) is 9.05. The predicted octanol–water partition coefficient (Wildman–Crippen LogP) is 1.61. The number of nitrogens with zero attached hydrogens (tertiary/aromatic N) is 3. The van der Waals surface area contributed by atoms with Crippen molar-refractivity contribution in [2.75, 3.05) is 19.3 Å². The Balaban J connectivity index is 1.75. The molecule has 26 heavy (non-hydrogen) atoms. The maximum absolute atomic E-state index is 12.8. The number of hydrogen-bond acceptors (Lipinski definition) is 5. The number of sulfonamides is 1. The van der Waals surface area contributed by atoms with Crippen molar-refractivity contribution >= 4 is 21.5 Å². The number of aryl methyl sites for hydroxylation is 1. The molecule has 1 saturated carbocycles. The summed E-state index contributed by atoms with van der Waals surface area (Å²) < 4.78 is 25.0. The highest BCUT2D eigenvalue weighted by atomic mass is 32.2. The van der Waals surface area contributed by atoms with E-state index in [1.54, 1.807) is 12.3 Å². The largest absolute Gasteiger partial charge is 0.348 e. The Morgan fingerprint density at radius 3 is 2.69 bits per heavy atom. The van der Waals surface area contributed by atoms with Gasteiger partial charge in [-0.1, -0.05) is 6.08 Å². The number of allylic oxidation sites excluding steroid dienone is 1. The fourth-order valence-corrected chi connectivity index (χ4v) is 4.21. The third-order valence-corrected chi connectivity index (χ3v) is 6.22. The molecule has 1 aliphatic carbocycles. The SMILES string of the molecule is C/C=C(/C(=O)NC1CCCN(S(C)(=O)=O)C1)c1nc(C2CC2)cnc1C. The molecule has 1 amide bonds. The third kappa shape index (κ3) is 4.29. The summed E-state index contributed by atoms with van der Waals surface area (Å²) in [5, 5.41) is 2.98. The van der Waals surface area contributed by atoms with Gasteiger partial charge in [-0.3, -0.25) is 9.78 Å². The molecular formula is C18H26N4O3S. The lowest BCUT2D eigenvalue weighted by molar-refractivity contribution is -0.116. The summed E-state index contributed by atoms with van der Waals surface area (Å²) >= 11 is 0. The zero-order chi connectivity index (χ0) is 18.9. The molecule has 7 nitrogen and oxygen atoms in total. The standard InChI is InChI=1S/C18H26N4O3S/c1-4-15(17-12(2)19-10-16(21-17)13-7-8-13)18(23)20-14-6-5-9-22(11-14)26(3,24)25/h4,10,13-14H,5-9,11H2,1-3H3,(H,20,23)/b15-4+. The van der Waals surface area contributed by atoms with E-state index in [0.717, 1.165) is 37.1 Å². The second-order valence-corrected chi connectivity index (χ2v) is 9.12. The van der Waals surface area contributed by atoms with Crippen molar-refractivity contribution in [2.45, 2.75) is 51.5 Å². The van der Waals surface area contributed by atoms with Gasteiger partial charge in [0.15, 0.2) is 0 Å². The number of aromatic nitrogens is 2. The van der Waals surface area contributed by atoms with Crippen LogP contribution in [0.25, 0.3) is 5.57 Å². The zero-order valence-corrected chi connectivity index (χ0v) is 16.3. The molecule has 1 aromatic rings. The van der Waals surface area contributed by atoms with Crippen molar-refractivity contribution in [3.63, 3.8) is 0 Å². The molecule has 1 aromatic heterocycles. The van der Waals surface area contributed by atoms with Crippen LogP contribution in [0.3, 0.4) is 0 Å². The third-order valence-electron chi connectivity index (χ3n) is 4.95. The topological polar surface area (TPSA) is 92.3 Å². The average molecular weight is 378 g/mol. The van der Waals surface area contributed by atoms with E-state index >= 15 is 0 Å². The number of carbonyl (C=O) groups is 1. The van der Waals surface area contributed by atoms with Crippen molar-refractivity contribution in [1.29, 1.82) is 0 Å². The molecule has 1 aliphatic heterocycles. The quantitative estimate of drug-likeness (QED) is 0.786. The van der Waals surface area contributed by atoms with Gasteiger partial charge >= 0.3 is 0 Å². The molecule has 1 N–H and O–H groups in total. The lowest BCUT2D eigenvalue weighted by Crippen LogP contribution is -2.49. The molecule has 8 heteroatoms. The number of rotatable bonds is 5. The van der Waals surface area contributed by atoms with Crippen LogP contribution < -0.4 is 5.32 Å². The van der Waals surface area contributed by atoms with Crippen LogP contribution in [0.15, 0.2) is 12.3 Å². The van der Waals surface area contributed by atoms with Gasteiger partial charge in [0.25, 0.3) is 5.91 Å². The summed E-state index contributed by atoms with van der Waals surface area (Å²) in [7, 11) is -3.24. The summed E-state index contributed by atoms with van der Waals surface area (Å²) in [6.45, 7) is 4.48. The van der Waals surface area contributed by atoms with Crippen LogP contribution in [0.1, 0.15) is 55.6 Å². The summed E-state index contributed by atoms with van der Waals surface area (Å²) in [5.41, 5.74) is 2.77. The maximum atomic E-state index is 12.8. The molecule has 0 bridgehead atoms. The lowest BCUT2D eigenvalue weighted by Gasteiger charge is -2.31. The monoisotopic (exact) mass is 378 g/mol. The van der Waals surface area contributed by atoms with Gasteiger partial charge in [0, 0.05) is 31.2 Å². The maximum Gasteiger partial charge on any atom is 0.253 e. The van der Waals surface area contributed by atoms with E-state index < -0.39 is 10.0 Å². The van der Waals surface area contributed by atoms with E-state index in [1.807, 2.05) is 13.8 Å². The number of amides is 1. The van der Waals surface area contributed by atoms with Crippen LogP contribution in [0, 0.1) is 6.92 Å². The second-order valence-electron chi connectivity index (χ2n) is 7.14. The highest BCUT2D eigenvalue weighted by Gasteiger charge is 2.29. The Morgan fingerprint density at radius 1 is 1.35 bits per heavy atom. The summed E-state index contributed by atoms with van der Waals surface area (Å²) in [4.78, 5) is 21.9. The lowest BCUT2D eigenvalue weighted by atomic mass is 10.0. The van der Waals surface area contributed by atoms with E-state index in [0.29, 0.717) is 30.3 Å². The van der Waals surface area contributed by atoms with Gasteiger partial charge in [0.2, 0.25) is 10.0 Å². The second kappa shape index (κ2) is 7.44. The molecular weight excluding hydrogens is 352 g/mol. The number of carbonyl (C=O) groups excluding carboxylic acids is 1. The molecule has 1 saturated heterocycles. The first-order chi connectivity index (χ1) is 12.3. The van der Waals surface area contributed by atoms with Gasteiger partial charge in [-0.15, -0.1) is 0 Å². The van der Waals surface area contributed by atoms with Crippen LogP contribution in [-0.2, 0) is 14.8 Å². The molecule has 2 heterocycles. The Morgan fingerprint density at radius 2 is 2.08 bits per heavy atom. The van der Waals surface area contributed by atoms with Crippen molar-refractivity contribution in [3.05, 3.63) is 29.4 Å². The molecule has 0 spiro atoms. The smallest absolute Gasteiger partial charge is 0.253 e. The highest BCUT2D eigenvalue weighted by Crippen LogP contribution is 2.39. The molecule has 1 unspecified atom stereocenters. The van der Waals surface area contributed by atoms with Gasteiger partial charge in [0.1, 0.15) is 0 Å². The van der Waals surface area contributed by atoms with Crippen LogP contribution in [0.5, 0.6) is 0 Å². The van der Waals surface area contributed by atoms with E-state index in [4.69, 9.17) is 0 Å². The number of piperidine rings is 1. The molecule has 2 fully saturated rings. The first-order valence-corrected chi connectivity index (χ1v) is 10.9. The minimum atomic E-state index is -3.24. The molecule has 142 valence electrons. The van der Waals surface area contributed by atoms with Gasteiger partial charge in [-0.05, 0) is 39.5 Å². The van der Waals surface area contributed by atoms with Gasteiger partial charge in [-0.2, -0.15) is 0 Å². The van der Waals surface area contributed by atoms with Crippen molar-refractivity contribution in [2.24, 2.45) is 0 Å². The summed E-state index contributed by atoms with van der Waals surface area (Å²) in [6.07, 6.45) is 8.50. The molecule has 2 aliphatic rings. The summed E-state index contributed by atoms with van der Waals surface area (Å²) in [6, 6.07) is -0.194. The zero-order valence-electron chi connectivity index (χ0n) is 15.5. The Labute approximate surface area is 155 Å². The average Bonchev–Trinajstić information content (AvgIpc) is 3.41. The summed E-state index contributed by atoms with van der Waals surface area (Å²) in [5.74, 6) is 0.239. The van der Waals surface area contributed by atoms with Gasteiger partial charge in [-0.25, -0.2) is 17.7 Å². The van der Waals surface area contributed by atoms with E-state index in [1.165, 1.54) is 10.6 Å². The highest BCUT2D eigenvalue weighted by molar-refractivity contribution is 7.88. The minimum absolute atomic E-state index is 0.194.